The van der Waals surface area contributed by atoms with Gasteiger partial charge in [0, 0.05) is 12.2 Å². The summed E-state index contributed by atoms with van der Waals surface area (Å²) in [5.74, 6) is -0.821. The third-order valence-corrected chi connectivity index (χ3v) is 5.79. The molecule has 0 saturated carbocycles. The highest BCUT2D eigenvalue weighted by Crippen LogP contribution is 2.26. The highest BCUT2D eigenvalue weighted by molar-refractivity contribution is 6.07. The molecular weight excluding hydrogens is 380 g/mol. The smallest absolute Gasteiger partial charge is 0.344 e. The molecule has 2 aromatic carbocycles. The number of imide groups is 1. The van der Waals surface area contributed by atoms with E-state index in [0.717, 1.165) is 35.6 Å². The van der Waals surface area contributed by atoms with Crippen molar-refractivity contribution in [1.82, 2.24) is 15.8 Å². The first-order valence-electron chi connectivity index (χ1n) is 10.3. The Hall–Kier alpha value is -3.35. The number of carbonyl (C=O) groups is 3. The number of aryl methyl sites for hydroxylation is 2. The van der Waals surface area contributed by atoms with Gasteiger partial charge in [0.15, 0.2) is 0 Å². The molecule has 1 unspecified atom stereocenters. The lowest BCUT2D eigenvalue weighted by Gasteiger charge is -2.31. The Morgan fingerprint density at radius 3 is 2.63 bits per heavy atom. The molecule has 4 amide bonds. The number of carbonyl (C=O) groups excluding carboxylic acids is 3. The zero-order valence-corrected chi connectivity index (χ0v) is 17.1. The number of nitrogens with zero attached hydrogens (tertiary/aromatic N) is 2. The van der Waals surface area contributed by atoms with Crippen LogP contribution < -0.4 is 15.6 Å². The van der Waals surface area contributed by atoms with E-state index in [1.807, 2.05) is 53.4 Å². The number of nitrogens with one attached hydrogen (secondary N) is 2. The van der Waals surface area contributed by atoms with Gasteiger partial charge in [-0.3, -0.25) is 15.0 Å². The topological polar surface area (TPSA) is 81.8 Å². The second-order valence-electron chi connectivity index (χ2n) is 8.08. The van der Waals surface area contributed by atoms with E-state index in [-0.39, 0.29) is 12.5 Å². The molecule has 0 aromatic heterocycles. The third-order valence-electron chi connectivity index (χ3n) is 5.79. The lowest BCUT2D eigenvalue weighted by atomic mass is 9.93. The monoisotopic (exact) mass is 406 g/mol. The molecule has 156 valence electrons. The average molecular weight is 406 g/mol. The normalized spacial score (nSPS) is 20.7. The molecule has 2 N–H and O–H groups in total. The number of para-hydroxylation sites is 1. The Morgan fingerprint density at radius 2 is 1.83 bits per heavy atom. The van der Waals surface area contributed by atoms with E-state index in [1.54, 1.807) is 6.92 Å². The summed E-state index contributed by atoms with van der Waals surface area (Å²) in [6, 6.07) is 17.2. The minimum atomic E-state index is -1.04. The van der Waals surface area contributed by atoms with Crippen LogP contribution in [-0.2, 0) is 22.4 Å². The predicted molar refractivity (Wildman–Crippen MR) is 114 cm³/mol. The summed E-state index contributed by atoms with van der Waals surface area (Å²) in [6.45, 7) is 2.55. The molecule has 2 heterocycles. The average Bonchev–Trinajstić information content (AvgIpc) is 2.97. The van der Waals surface area contributed by atoms with Crippen molar-refractivity contribution in [2.75, 3.05) is 18.0 Å². The standard InChI is InChI=1S/C23H26N4O3/c1-23(14-13-17-8-3-2-4-9-17)21(29)27(22(30)24-23)25-20(28)16-26-15-7-11-18-10-5-6-12-19(18)26/h2-6,8-10,12H,7,11,13-16H2,1H3,(H,24,30)(H,25,28). The van der Waals surface area contributed by atoms with E-state index in [1.165, 1.54) is 5.56 Å². The van der Waals surface area contributed by atoms with Crippen molar-refractivity contribution >= 4 is 23.5 Å². The summed E-state index contributed by atoms with van der Waals surface area (Å²) in [4.78, 5) is 39.9. The van der Waals surface area contributed by atoms with Crippen LogP contribution in [0.15, 0.2) is 54.6 Å². The summed E-state index contributed by atoms with van der Waals surface area (Å²) < 4.78 is 0. The van der Waals surface area contributed by atoms with Crippen LogP contribution in [0.1, 0.15) is 30.9 Å². The molecule has 0 aliphatic carbocycles. The van der Waals surface area contributed by atoms with E-state index in [9.17, 15) is 14.4 Å². The van der Waals surface area contributed by atoms with Gasteiger partial charge in [0.25, 0.3) is 11.8 Å². The fourth-order valence-electron chi connectivity index (χ4n) is 4.10. The Labute approximate surface area is 176 Å². The van der Waals surface area contributed by atoms with Crippen molar-refractivity contribution < 1.29 is 14.4 Å². The molecule has 0 radical (unpaired) electrons. The molecule has 4 rings (SSSR count). The quantitative estimate of drug-likeness (QED) is 0.722. The Bertz CT molecular complexity index is 962. The van der Waals surface area contributed by atoms with Crippen molar-refractivity contribution in [3.63, 3.8) is 0 Å². The largest absolute Gasteiger partial charge is 0.362 e. The van der Waals surface area contributed by atoms with Crippen molar-refractivity contribution in [2.45, 2.75) is 38.1 Å². The molecule has 0 bridgehead atoms. The van der Waals surface area contributed by atoms with Gasteiger partial charge in [-0.2, -0.15) is 5.01 Å². The van der Waals surface area contributed by atoms with Gasteiger partial charge in [0.2, 0.25) is 0 Å². The lowest BCUT2D eigenvalue weighted by molar-refractivity contribution is -0.138. The number of rotatable bonds is 6. The van der Waals surface area contributed by atoms with Crippen LogP contribution in [0.2, 0.25) is 0 Å². The van der Waals surface area contributed by atoms with Gasteiger partial charge in [-0.15, -0.1) is 0 Å². The molecule has 7 nitrogen and oxygen atoms in total. The molecule has 2 aliphatic rings. The van der Waals surface area contributed by atoms with Crippen LogP contribution in [0.3, 0.4) is 0 Å². The molecule has 2 aliphatic heterocycles. The first-order chi connectivity index (χ1) is 14.5. The molecule has 1 atom stereocenters. The zero-order valence-electron chi connectivity index (χ0n) is 17.1. The number of benzene rings is 2. The Balaban J connectivity index is 1.38. The van der Waals surface area contributed by atoms with Crippen molar-refractivity contribution in [1.29, 1.82) is 0 Å². The van der Waals surface area contributed by atoms with Gasteiger partial charge >= 0.3 is 6.03 Å². The van der Waals surface area contributed by atoms with Crippen molar-refractivity contribution in [2.24, 2.45) is 0 Å². The summed E-state index contributed by atoms with van der Waals surface area (Å²) in [6.07, 6.45) is 3.05. The maximum absolute atomic E-state index is 12.9. The molecule has 1 fully saturated rings. The minimum absolute atomic E-state index is 0.0921. The summed E-state index contributed by atoms with van der Waals surface area (Å²) in [5.41, 5.74) is 4.79. The Morgan fingerprint density at radius 1 is 1.10 bits per heavy atom. The van der Waals surface area contributed by atoms with Gasteiger partial charge in [-0.25, -0.2) is 4.79 Å². The van der Waals surface area contributed by atoms with Crippen LogP contribution in [0.5, 0.6) is 0 Å². The number of hydrazine groups is 1. The summed E-state index contributed by atoms with van der Waals surface area (Å²) >= 11 is 0. The molecular formula is C23H26N4O3. The van der Waals surface area contributed by atoms with E-state index in [2.05, 4.69) is 16.8 Å². The van der Waals surface area contributed by atoms with Gasteiger partial charge in [0.05, 0.1) is 6.54 Å². The molecule has 0 spiro atoms. The first-order valence-corrected chi connectivity index (χ1v) is 10.3. The van der Waals surface area contributed by atoms with Crippen LogP contribution in [-0.4, -0.2) is 41.5 Å². The summed E-state index contributed by atoms with van der Waals surface area (Å²) in [5, 5.41) is 3.56. The van der Waals surface area contributed by atoms with Gasteiger partial charge in [0.1, 0.15) is 5.54 Å². The molecule has 2 aromatic rings. The lowest BCUT2D eigenvalue weighted by Crippen LogP contribution is -2.51. The van der Waals surface area contributed by atoms with Crippen molar-refractivity contribution in [3.05, 3.63) is 65.7 Å². The highest BCUT2D eigenvalue weighted by Gasteiger charge is 2.48. The van der Waals surface area contributed by atoms with Gasteiger partial charge in [-0.1, -0.05) is 48.5 Å². The van der Waals surface area contributed by atoms with E-state index >= 15 is 0 Å². The van der Waals surface area contributed by atoms with E-state index in [0.29, 0.717) is 12.8 Å². The van der Waals surface area contributed by atoms with Crippen LogP contribution in [0.25, 0.3) is 0 Å². The first kappa shape index (κ1) is 19.9. The van der Waals surface area contributed by atoms with E-state index in [4.69, 9.17) is 0 Å². The molecule has 30 heavy (non-hydrogen) atoms. The number of hydrogen-bond donors (Lipinski definition) is 2. The second kappa shape index (κ2) is 8.18. The fraction of sp³-hybridized carbons (Fsp3) is 0.348. The second-order valence-corrected chi connectivity index (χ2v) is 8.08. The predicted octanol–water partition coefficient (Wildman–Crippen LogP) is 2.41. The number of amides is 4. The zero-order chi connectivity index (χ0) is 21.1. The number of hydrogen-bond acceptors (Lipinski definition) is 4. The summed E-state index contributed by atoms with van der Waals surface area (Å²) in [7, 11) is 0. The molecule has 1 saturated heterocycles. The van der Waals surface area contributed by atoms with Crippen molar-refractivity contribution in [3.8, 4) is 0 Å². The Kier molecular flexibility index (Phi) is 5.44. The SMILES string of the molecule is CC1(CCc2ccccc2)NC(=O)N(NC(=O)CN2CCCc3ccccc32)C1=O. The van der Waals surface area contributed by atoms with E-state index < -0.39 is 17.5 Å². The van der Waals surface area contributed by atoms with Gasteiger partial charge < -0.3 is 10.2 Å². The minimum Gasteiger partial charge on any atom is -0.362 e. The maximum atomic E-state index is 12.9. The molecule has 7 heteroatoms. The van der Waals surface area contributed by atoms with Crippen LogP contribution in [0.4, 0.5) is 10.5 Å². The highest BCUT2D eigenvalue weighted by atomic mass is 16.2. The number of fused-ring (bicyclic) bond motifs is 1. The van der Waals surface area contributed by atoms with Gasteiger partial charge in [-0.05, 0) is 49.8 Å². The number of anilines is 1. The maximum Gasteiger partial charge on any atom is 0.344 e. The van der Waals surface area contributed by atoms with Crippen LogP contribution in [0, 0.1) is 0 Å². The third kappa shape index (κ3) is 4.01. The van der Waals surface area contributed by atoms with Crippen LogP contribution >= 0.6 is 0 Å². The fourth-order valence-corrected chi connectivity index (χ4v) is 4.10. The number of urea groups is 1.